The van der Waals surface area contributed by atoms with Gasteiger partial charge in [0.25, 0.3) is 0 Å². The summed E-state index contributed by atoms with van der Waals surface area (Å²) in [6.07, 6.45) is 0. The van der Waals surface area contributed by atoms with Gasteiger partial charge in [-0.15, -0.1) is 0 Å². The Morgan fingerprint density at radius 2 is 0.698 bits per heavy atom. The van der Waals surface area contributed by atoms with Crippen molar-refractivity contribution in [1.82, 2.24) is 9.13 Å². The minimum Gasteiger partial charge on any atom is -0.453 e. The summed E-state index contributed by atoms with van der Waals surface area (Å²) in [5, 5.41) is 2.60. The van der Waals surface area contributed by atoms with E-state index in [0.717, 1.165) is 51.2 Å². The molecule has 5 heteroatoms. The second kappa shape index (κ2) is 24.3. The highest BCUT2D eigenvalue weighted by atomic mass is 16.5. The van der Waals surface area contributed by atoms with Crippen LogP contribution in [0.4, 0.5) is 34.1 Å². The summed E-state index contributed by atoms with van der Waals surface area (Å²) in [5.41, 5.74) is 35.9. The van der Waals surface area contributed by atoms with Crippen LogP contribution in [-0.2, 0) is 21.7 Å². The predicted octanol–water partition coefficient (Wildman–Crippen LogP) is 27.5. The molecular weight excluding hydrogens is 1290 g/mol. The van der Waals surface area contributed by atoms with Gasteiger partial charge >= 0.3 is 0 Å². The van der Waals surface area contributed by atoms with Crippen molar-refractivity contribution in [2.75, 3.05) is 9.80 Å². The highest BCUT2D eigenvalue weighted by molar-refractivity contribution is 6.03. The highest BCUT2D eigenvalue weighted by Crippen LogP contribution is 2.59. The van der Waals surface area contributed by atoms with E-state index in [2.05, 4.69) is 415 Å². The van der Waals surface area contributed by atoms with Crippen molar-refractivity contribution in [2.45, 2.75) is 84.0 Å². The average molecular weight is 1370 g/mol. The first kappa shape index (κ1) is 64.4. The SMILES string of the molecule is CC(C)(C)c1ccc(-n2c3c(c4cc(-c5ccc(N(c6ccccc6)c6ccc(-c7ccccc7)cc6)cc5)ccc42)C(C)(C)c2ccccc2-3)cc1.CC1(C)c2ccccc2-c2ccc(N3c4ccccc4Oc4cc(-c5ccc6c(c5)c5c(n6-c6ccccc6)-c6ccccc6C5(C)C)ccc43)cc21. The molecule has 2 aromatic heterocycles. The van der Waals surface area contributed by atoms with Crippen LogP contribution in [0.15, 0.2) is 334 Å². The summed E-state index contributed by atoms with van der Waals surface area (Å²) in [6.45, 7) is 21.0. The zero-order chi connectivity index (χ0) is 72.0. The molecule has 0 spiro atoms. The van der Waals surface area contributed by atoms with Crippen molar-refractivity contribution in [3.8, 4) is 89.9 Å². The van der Waals surface area contributed by atoms with Gasteiger partial charge < -0.3 is 23.7 Å². The third kappa shape index (κ3) is 10.2. The van der Waals surface area contributed by atoms with Crippen LogP contribution in [0.3, 0.4) is 0 Å². The van der Waals surface area contributed by atoms with E-state index in [9.17, 15) is 0 Å². The van der Waals surface area contributed by atoms with Crippen LogP contribution in [0.1, 0.15) is 101 Å². The van der Waals surface area contributed by atoms with E-state index in [1.807, 2.05) is 0 Å². The number of hydrogen-bond donors (Lipinski definition) is 0. The Bertz CT molecular complexity index is 6150. The van der Waals surface area contributed by atoms with Crippen molar-refractivity contribution < 1.29 is 4.74 Å². The van der Waals surface area contributed by atoms with Crippen molar-refractivity contribution in [1.29, 1.82) is 0 Å². The van der Waals surface area contributed by atoms with Crippen LogP contribution >= 0.6 is 0 Å². The number of hydrogen-bond acceptors (Lipinski definition) is 3. The van der Waals surface area contributed by atoms with E-state index in [0.29, 0.717) is 0 Å². The second-order valence-electron chi connectivity index (χ2n) is 31.7. The van der Waals surface area contributed by atoms with Crippen molar-refractivity contribution in [3.05, 3.63) is 373 Å². The summed E-state index contributed by atoms with van der Waals surface area (Å²) in [6, 6.07) is 122. The molecule has 16 aromatic rings. The minimum absolute atomic E-state index is 0.0886. The maximum atomic E-state index is 6.73. The fraction of sp³-hybridized carbons (Fsp3) is 0.129. The van der Waals surface area contributed by atoms with Crippen LogP contribution in [-0.4, -0.2) is 9.13 Å². The van der Waals surface area contributed by atoms with Crippen molar-refractivity contribution >= 4 is 55.9 Å². The molecule has 0 saturated heterocycles. The smallest absolute Gasteiger partial charge is 0.152 e. The molecule has 0 atom stereocenters. The summed E-state index contributed by atoms with van der Waals surface area (Å²) in [4.78, 5) is 4.70. The third-order valence-electron chi connectivity index (χ3n) is 23.3. The number of rotatable bonds is 9. The van der Waals surface area contributed by atoms with Crippen LogP contribution in [0.5, 0.6) is 11.5 Å². The van der Waals surface area contributed by atoms with Crippen molar-refractivity contribution in [3.63, 3.8) is 0 Å². The predicted molar refractivity (Wildman–Crippen MR) is 444 cm³/mol. The summed E-state index contributed by atoms with van der Waals surface area (Å²) in [7, 11) is 0. The quantitative estimate of drug-likeness (QED) is 0.144. The lowest BCUT2D eigenvalue weighted by molar-refractivity contribution is 0.477. The van der Waals surface area contributed by atoms with Crippen molar-refractivity contribution in [2.24, 2.45) is 0 Å². The molecule has 20 rings (SSSR count). The van der Waals surface area contributed by atoms with Gasteiger partial charge in [-0.25, -0.2) is 0 Å². The number of nitrogens with zero attached hydrogens (tertiary/aromatic N) is 4. The van der Waals surface area contributed by atoms with E-state index in [1.165, 1.54) is 134 Å². The molecule has 0 N–H and O–H groups in total. The zero-order valence-electron chi connectivity index (χ0n) is 61.5. The first-order valence-corrected chi connectivity index (χ1v) is 37.3. The second-order valence-corrected chi connectivity index (χ2v) is 31.7. The first-order valence-electron chi connectivity index (χ1n) is 37.3. The van der Waals surface area contributed by atoms with E-state index in [-0.39, 0.29) is 21.7 Å². The molecule has 0 saturated carbocycles. The van der Waals surface area contributed by atoms with Crippen LogP contribution in [0.2, 0.25) is 0 Å². The molecule has 106 heavy (non-hydrogen) atoms. The number of para-hydroxylation sites is 4. The zero-order valence-corrected chi connectivity index (χ0v) is 61.5. The number of anilines is 6. The van der Waals surface area contributed by atoms with Gasteiger partial charge in [0.2, 0.25) is 0 Å². The Morgan fingerprint density at radius 3 is 1.27 bits per heavy atom. The van der Waals surface area contributed by atoms with Gasteiger partial charge in [0.15, 0.2) is 11.5 Å². The molecule has 3 heterocycles. The standard InChI is InChI=1S/C51H44N2.C50H38N2O/c1-50(2,3)39-25-31-43(32-26-39)53-47-33-24-38(34-45(47)48-49(53)44-18-12-13-19-46(44)51(48,4)5)37-22-29-42(30-23-37)52(40-16-10-7-11-17-40)41-27-20-36(21-28-41)35-14-8-6-9-15-35;1-49(2)39-18-10-8-16-35(39)36-25-24-34(30-41(36)49)51-43-20-12-13-21-45(43)53-46-29-32(23-27-44(46)51)31-22-26-42-38(28-31)47-48(52(42)33-14-6-5-7-15-33)37-17-9-11-19-40(37)50(47,3)4/h6-34H,1-5H3;5-30H,1-4H3. The highest BCUT2D eigenvalue weighted by Gasteiger charge is 2.43. The largest absolute Gasteiger partial charge is 0.453 e. The number of benzene rings is 14. The van der Waals surface area contributed by atoms with Crippen LogP contribution < -0.4 is 14.5 Å². The van der Waals surface area contributed by atoms with E-state index in [4.69, 9.17) is 4.74 Å². The first-order chi connectivity index (χ1) is 51.5. The fourth-order valence-electron chi connectivity index (χ4n) is 18.0. The summed E-state index contributed by atoms with van der Waals surface area (Å²) >= 11 is 0. The van der Waals surface area contributed by atoms with E-state index >= 15 is 0 Å². The lowest BCUT2D eigenvalue weighted by Crippen LogP contribution is -2.18. The Labute approximate surface area is 622 Å². The topological polar surface area (TPSA) is 25.6 Å². The Balaban J connectivity index is 0.000000145. The number of fused-ring (bicyclic) bond motifs is 15. The molecule has 14 aromatic carbocycles. The lowest BCUT2D eigenvalue weighted by atomic mass is 9.81. The Morgan fingerprint density at radius 1 is 0.292 bits per heavy atom. The van der Waals surface area contributed by atoms with Gasteiger partial charge in [0.05, 0.1) is 33.8 Å². The minimum atomic E-state index is -0.141. The monoisotopic (exact) mass is 1370 g/mol. The normalized spacial score (nSPS) is 14.2. The molecule has 0 bridgehead atoms. The van der Waals surface area contributed by atoms with Gasteiger partial charge in [0, 0.05) is 72.3 Å². The molecule has 5 nitrogen and oxygen atoms in total. The Kier molecular flexibility index (Phi) is 14.8. The number of ether oxygens (including phenoxy) is 1. The molecular formula is C101H82N4O. The third-order valence-corrected chi connectivity index (χ3v) is 23.3. The maximum Gasteiger partial charge on any atom is 0.152 e. The average Bonchev–Trinajstić information content (AvgIpc) is 1.54. The fourth-order valence-corrected chi connectivity index (χ4v) is 18.0. The molecule has 0 unspecified atom stereocenters. The van der Waals surface area contributed by atoms with Gasteiger partial charge in [-0.3, -0.25) is 0 Å². The Hall–Kier alpha value is -12.4. The molecule has 512 valence electrons. The van der Waals surface area contributed by atoms with Gasteiger partial charge in [-0.2, -0.15) is 0 Å². The molecule has 1 aliphatic heterocycles. The van der Waals surface area contributed by atoms with Crippen LogP contribution in [0, 0.1) is 0 Å². The van der Waals surface area contributed by atoms with Gasteiger partial charge in [-0.1, -0.05) is 275 Å². The van der Waals surface area contributed by atoms with E-state index in [1.54, 1.807) is 0 Å². The molecule has 0 amide bonds. The maximum absolute atomic E-state index is 6.73. The van der Waals surface area contributed by atoms with Gasteiger partial charge in [-0.05, 0) is 210 Å². The molecule has 0 radical (unpaired) electrons. The summed E-state index contributed by atoms with van der Waals surface area (Å²) < 4.78 is 11.7. The molecule has 3 aliphatic carbocycles. The molecule has 4 aliphatic rings. The number of aromatic nitrogens is 2. The summed E-state index contributed by atoms with van der Waals surface area (Å²) in [5.74, 6) is 1.71. The van der Waals surface area contributed by atoms with Gasteiger partial charge in [0.1, 0.15) is 0 Å². The molecule has 0 fully saturated rings. The van der Waals surface area contributed by atoms with Crippen LogP contribution in [0.25, 0.3) is 100 Å². The lowest BCUT2D eigenvalue weighted by Gasteiger charge is -2.34. The van der Waals surface area contributed by atoms with E-state index < -0.39 is 0 Å².